The van der Waals surface area contributed by atoms with Crippen molar-refractivity contribution in [1.29, 1.82) is 0 Å². The van der Waals surface area contributed by atoms with E-state index in [2.05, 4.69) is 4.99 Å². The van der Waals surface area contributed by atoms with Crippen molar-refractivity contribution in [3.63, 3.8) is 0 Å². The lowest BCUT2D eigenvalue weighted by Crippen LogP contribution is -2.42. The molecule has 6 atom stereocenters. The van der Waals surface area contributed by atoms with Crippen molar-refractivity contribution in [2.45, 2.75) is 57.2 Å². The molecule has 1 aromatic heterocycles. The van der Waals surface area contributed by atoms with Gasteiger partial charge in [-0.2, -0.15) is 0 Å². The number of hydrogen-bond donors (Lipinski definition) is 1. The third-order valence-corrected chi connectivity index (χ3v) is 7.01. The number of ether oxygens (including phenoxy) is 4. The van der Waals surface area contributed by atoms with E-state index in [1.807, 2.05) is 4.98 Å². The Morgan fingerprint density at radius 3 is 2.64 bits per heavy atom. The third kappa shape index (κ3) is 6.61. The number of hydrogen-bond acceptors (Lipinski definition) is 12. The van der Waals surface area contributed by atoms with Gasteiger partial charge in [-0.25, -0.2) is 18.5 Å². The number of esters is 1. The summed E-state index contributed by atoms with van der Waals surface area (Å²) in [4.78, 5) is 41.9. The van der Waals surface area contributed by atoms with Crippen LogP contribution in [-0.4, -0.2) is 63.5 Å². The lowest BCUT2D eigenvalue weighted by Gasteiger charge is -2.25. The summed E-state index contributed by atoms with van der Waals surface area (Å²) in [6.07, 6.45) is -3.52. The molecule has 1 N–H and O–H groups in total. The first-order chi connectivity index (χ1) is 18.4. The van der Waals surface area contributed by atoms with E-state index in [1.54, 1.807) is 32.0 Å². The number of aromatic amines is 1. The molecule has 16 heteroatoms. The van der Waals surface area contributed by atoms with Crippen LogP contribution >= 0.6 is 19.8 Å². The largest absolute Gasteiger partial charge is 0.461 e. The fourth-order valence-electron chi connectivity index (χ4n) is 3.67. The van der Waals surface area contributed by atoms with Crippen molar-refractivity contribution in [1.82, 2.24) is 9.55 Å². The number of aromatic nitrogens is 2. The average molecular weight is 586 g/mol. The summed E-state index contributed by atoms with van der Waals surface area (Å²) < 4.78 is 62.9. The van der Waals surface area contributed by atoms with Crippen LogP contribution in [0.5, 0.6) is 5.75 Å². The summed E-state index contributed by atoms with van der Waals surface area (Å²) in [5, 5.41) is -0.402. The van der Waals surface area contributed by atoms with Crippen molar-refractivity contribution < 1.29 is 41.7 Å². The smallest absolute Gasteiger partial charge is 0.421 e. The van der Waals surface area contributed by atoms with E-state index in [9.17, 15) is 18.9 Å². The van der Waals surface area contributed by atoms with E-state index < -0.39 is 73.1 Å². The van der Waals surface area contributed by atoms with Gasteiger partial charge in [0.25, 0.3) is 11.4 Å². The number of nitrogens with zero attached hydrogens (tertiary/aromatic N) is 2. The highest BCUT2D eigenvalue weighted by atomic mass is 32.1. The maximum atomic E-state index is 16.2. The van der Waals surface area contributed by atoms with Gasteiger partial charge in [-0.3, -0.25) is 23.9 Å². The molecule has 0 amide bonds. The van der Waals surface area contributed by atoms with Crippen LogP contribution in [0.25, 0.3) is 0 Å². The van der Waals surface area contributed by atoms with Gasteiger partial charge in [0, 0.05) is 24.5 Å². The molecule has 2 aliphatic heterocycles. The van der Waals surface area contributed by atoms with E-state index in [4.69, 9.17) is 40.2 Å². The second-order valence-electron chi connectivity index (χ2n) is 8.83. The zero-order valence-corrected chi connectivity index (χ0v) is 22.6. The molecular formula is C23H25FN3O10PS. The van der Waals surface area contributed by atoms with Crippen LogP contribution in [-0.2, 0) is 32.8 Å². The lowest BCUT2D eigenvalue weighted by molar-refractivity contribution is -0.203. The summed E-state index contributed by atoms with van der Waals surface area (Å²) in [6.45, 7) is 3.68. The summed E-state index contributed by atoms with van der Waals surface area (Å²) in [6, 6.07) is 7.84. The molecule has 3 heterocycles. The number of H-pyrrole nitrogens is 1. The van der Waals surface area contributed by atoms with Gasteiger partial charge in [0.1, 0.15) is 24.4 Å². The highest BCUT2D eigenvalue weighted by Gasteiger charge is 2.64. The van der Waals surface area contributed by atoms with Crippen LogP contribution in [0.2, 0.25) is 0 Å². The predicted octanol–water partition coefficient (Wildman–Crippen LogP) is 2.46. The van der Waals surface area contributed by atoms with Crippen molar-refractivity contribution in [2.75, 3.05) is 6.61 Å². The first kappa shape index (κ1) is 28.6. The Kier molecular flexibility index (Phi) is 8.35. The topological polar surface area (TPSA) is 157 Å². The number of thiocarbonyl (C=S) groups is 1. The second-order valence-corrected chi connectivity index (χ2v) is 10.9. The molecule has 39 heavy (non-hydrogen) atoms. The highest BCUT2D eigenvalue weighted by Crippen LogP contribution is 2.50. The van der Waals surface area contributed by atoms with Gasteiger partial charge in [0.15, 0.2) is 12.3 Å². The van der Waals surface area contributed by atoms with E-state index >= 15 is 4.39 Å². The average Bonchev–Trinajstić information content (AvgIpc) is 3.38. The fourth-order valence-corrected chi connectivity index (χ4v) is 5.19. The fraction of sp³-hybridized carbons (Fsp3) is 0.435. The van der Waals surface area contributed by atoms with Gasteiger partial charge in [-0.15, -0.1) is 0 Å². The molecule has 0 bridgehead atoms. The molecule has 210 valence electrons. The van der Waals surface area contributed by atoms with Crippen LogP contribution in [0.4, 0.5) is 4.39 Å². The van der Waals surface area contributed by atoms with Gasteiger partial charge in [-0.1, -0.05) is 18.2 Å². The lowest BCUT2D eigenvalue weighted by atomic mass is 10.1. The van der Waals surface area contributed by atoms with E-state index in [0.29, 0.717) is 0 Å². The number of nitrogens with one attached hydrogen (secondary N) is 1. The molecule has 2 fully saturated rings. The molecule has 2 aromatic rings. The third-order valence-electron chi connectivity index (χ3n) is 5.44. The Balaban J connectivity index is 1.59. The van der Waals surface area contributed by atoms with Crippen molar-refractivity contribution >= 4 is 37.0 Å². The number of aliphatic imine (C=N–C) groups is 1. The van der Waals surface area contributed by atoms with Crippen molar-refractivity contribution in [3.05, 3.63) is 63.4 Å². The number of carbonyl (C=O) groups excluding carboxylic acids is 1. The number of rotatable bonds is 10. The Morgan fingerprint density at radius 2 is 1.97 bits per heavy atom. The first-order valence-electron chi connectivity index (χ1n) is 11.7. The Hall–Kier alpha value is -3.39. The van der Waals surface area contributed by atoms with Gasteiger partial charge in [-0.05, 0) is 32.9 Å². The predicted molar refractivity (Wildman–Crippen MR) is 137 cm³/mol. The summed E-state index contributed by atoms with van der Waals surface area (Å²) in [7, 11) is -4.39. The van der Waals surface area contributed by atoms with E-state index in [1.165, 1.54) is 19.1 Å². The van der Waals surface area contributed by atoms with Crippen LogP contribution in [0.3, 0.4) is 0 Å². The number of para-hydroxylation sites is 1. The number of fused-ring (bicyclic) bond motifs is 1. The molecule has 0 spiro atoms. The minimum atomic E-state index is -4.39. The molecule has 13 nitrogen and oxygen atoms in total. The maximum Gasteiger partial charge on any atom is 0.421 e. The highest BCUT2D eigenvalue weighted by molar-refractivity contribution is 7.79. The zero-order valence-electron chi connectivity index (χ0n) is 20.9. The number of halogens is 1. The number of carbonyl (C=O) groups is 1. The molecule has 0 aliphatic carbocycles. The maximum absolute atomic E-state index is 16.2. The molecule has 1 aromatic carbocycles. The van der Waals surface area contributed by atoms with Crippen molar-refractivity contribution in [3.8, 4) is 5.75 Å². The summed E-state index contributed by atoms with van der Waals surface area (Å²) in [5.41, 5.74) is -1.57. The number of benzene rings is 1. The Labute approximate surface area is 226 Å². The number of alkyl halides is 1. The summed E-state index contributed by atoms with van der Waals surface area (Å²) >= 11 is 4.90. The zero-order chi connectivity index (χ0) is 28.4. The molecule has 2 aliphatic rings. The van der Waals surface area contributed by atoms with E-state index in [-0.39, 0.29) is 5.75 Å². The van der Waals surface area contributed by atoms with Crippen LogP contribution in [0.1, 0.15) is 27.0 Å². The van der Waals surface area contributed by atoms with Gasteiger partial charge in [0.05, 0.1) is 6.10 Å². The van der Waals surface area contributed by atoms with Crippen LogP contribution in [0.15, 0.2) is 57.2 Å². The van der Waals surface area contributed by atoms with Gasteiger partial charge < -0.3 is 23.5 Å². The summed E-state index contributed by atoms with van der Waals surface area (Å²) in [5.74, 6) is -2.64. The Bertz CT molecular complexity index is 1420. The standard InChI is InChI=1S/C23H25FN3O10PS/c1-13(2)33-20(29)14(3)25-12-38(31,37-15-7-5-4-6-8-15)32-11-23(24)18-17(34-22(39)35-18)19(36-23)27-10-9-16(28)26-21(27)30/h4-10,12-14,17-19H,11H2,1-3H3,(H,26,28,30)/t14-,17+,18-,19+,23+,38?/m0/s1. The molecular weight excluding hydrogens is 560 g/mol. The van der Waals surface area contributed by atoms with Crippen LogP contribution < -0.4 is 15.8 Å². The Morgan fingerprint density at radius 1 is 1.26 bits per heavy atom. The van der Waals surface area contributed by atoms with Crippen LogP contribution in [0, 0.1) is 0 Å². The minimum Gasteiger partial charge on any atom is -0.461 e. The normalized spacial score (nSPS) is 26.5. The molecule has 1 unspecified atom stereocenters. The molecule has 0 saturated carbocycles. The molecule has 2 saturated heterocycles. The van der Waals surface area contributed by atoms with Gasteiger partial charge >= 0.3 is 24.5 Å². The van der Waals surface area contributed by atoms with Gasteiger partial charge in [0.2, 0.25) is 6.10 Å². The van der Waals surface area contributed by atoms with Crippen molar-refractivity contribution in [2.24, 2.45) is 4.99 Å². The SMILES string of the molecule is CC(C)OC(=O)[C@H](C)N=CP(=O)(OC[C@@]1(F)O[C@@H](n2ccc(=O)[nH]c2=O)[C@@H]2OC(=S)O[C@@H]21)Oc1ccccc1. The monoisotopic (exact) mass is 585 g/mol. The minimum absolute atomic E-state index is 0.113. The molecule has 0 radical (unpaired) electrons. The quantitative estimate of drug-likeness (QED) is 0.189. The molecule has 4 rings (SSSR count). The van der Waals surface area contributed by atoms with E-state index in [0.717, 1.165) is 22.8 Å². The first-order valence-corrected chi connectivity index (χ1v) is 13.7. The second kappa shape index (κ2) is 11.4.